The lowest BCUT2D eigenvalue weighted by Gasteiger charge is -2.33. The van der Waals surface area contributed by atoms with Crippen LogP contribution in [-0.2, 0) is 11.3 Å². The van der Waals surface area contributed by atoms with Gasteiger partial charge >= 0.3 is 0 Å². The van der Waals surface area contributed by atoms with E-state index in [9.17, 15) is 4.79 Å². The number of hydrogen-bond donors (Lipinski definition) is 1. The quantitative estimate of drug-likeness (QED) is 0.912. The maximum absolute atomic E-state index is 12.0. The highest BCUT2D eigenvalue weighted by molar-refractivity contribution is 5.82. The molecule has 1 amide bonds. The van der Waals surface area contributed by atoms with Crippen molar-refractivity contribution in [1.82, 2.24) is 15.2 Å². The third kappa shape index (κ3) is 3.14. The molecule has 1 aliphatic heterocycles. The van der Waals surface area contributed by atoms with Crippen LogP contribution in [0.2, 0.25) is 0 Å². The van der Waals surface area contributed by atoms with Gasteiger partial charge in [-0.25, -0.2) is 4.98 Å². The third-order valence-electron chi connectivity index (χ3n) is 4.41. The van der Waals surface area contributed by atoms with E-state index in [2.05, 4.69) is 15.2 Å². The molecule has 2 aromatic rings. The second-order valence-corrected chi connectivity index (χ2v) is 5.91. The van der Waals surface area contributed by atoms with Gasteiger partial charge in [0, 0.05) is 19.6 Å². The zero-order valence-electron chi connectivity index (χ0n) is 14.3. The Hall–Kier alpha value is -2.34. The van der Waals surface area contributed by atoms with Gasteiger partial charge in [0.1, 0.15) is 11.5 Å². The zero-order chi connectivity index (χ0) is 17.1. The Morgan fingerprint density at radius 2 is 2.21 bits per heavy atom. The van der Waals surface area contributed by atoms with E-state index in [1.165, 1.54) is 0 Å². The van der Waals surface area contributed by atoms with E-state index in [1.807, 2.05) is 38.1 Å². The van der Waals surface area contributed by atoms with Crippen molar-refractivity contribution in [2.24, 2.45) is 0 Å². The molecule has 0 saturated carbocycles. The van der Waals surface area contributed by atoms with Crippen molar-refractivity contribution >= 4 is 5.91 Å². The molecule has 1 fully saturated rings. The van der Waals surface area contributed by atoms with E-state index in [-0.39, 0.29) is 11.9 Å². The largest absolute Gasteiger partial charge is 0.496 e. The molecule has 0 aliphatic carbocycles. The maximum atomic E-state index is 12.0. The summed E-state index contributed by atoms with van der Waals surface area (Å²) in [5.41, 5.74) is 1.70. The molecule has 1 aromatic carbocycles. The molecular weight excluding hydrogens is 306 g/mol. The van der Waals surface area contributed by atoms with Crippen molar-refractivity contribution in [3.63, 3.8) is 0 Å². The van der Waals surface area contributed by atoms with Crippen LogP contribution in [0.5, 0.6) is 5.75 Å². The molecule has 1 aromatic heterocycles. The van der Waals surface area contributed by atoms with Crippen LogP contribution >= 0.6 is 0 Å². The maximum Gasteiger partial charge on any atom is 0.237 e. The molecule has 1 N–H and O–H groups in total. The number of amides is 1. The Morgan fingerprint density at radius 1 is 1.42 bits per heavy atom. The van der Waals surface area contributed by atoms with Crippen molar-refractivity contribution in [3.8, 4) is 17.2 Å². The highest BCUT2D eigenvalue weighted by Crippen LogP contribution is 2.30. The van der Waals surface area contributed by atoms with E-state index >= 15 is 0 Å². The van der Waals surface area contributed by atoms with Crippen molar-refractivity contribution in [1.29, 1.82) is 0 Å². The number of carbonyl (C=O) groups is 1. The van der Waals surface area contributed by atoms with Crippen LogP contribution in [-0.4, -0.2) is 42.0 Å². The van der Waals surface area contributed by atoms with Gasteiger partial charge in [0.25, 0.3) is 0 Å². The molecule has 24 heavy (non-hydrogen) atoms. The van der Waals surface area contributed by atoms with Gasteiger partial charge in [-0.1, -0.05) is 19.1 Å². The number of oxazole rings is 1. The van der Waals surface area contributed by atoms with E-state index in [4.69, 9.17) is 9.15 Å². The SMILES string of the molecule is CC[C@@H]1C(=O)NCCN1Cc1nc(-c2ccccc2OC)oc1C. The first-order valence-corrected chi connectivity index (χ1v) is 8.25. The Kier molecular flexibility index (Phi) is 4.85. The smallest absolute Gasteiger partial charge is 0.237 e. The highest BCUT2D eigenvalue weighted by atomic mass is 16.5. The lowest BCUT2D eigenvalue weighted by Crippen LogP contribution is -2.54. The molecule has 1 saturated heterocycles. The lowest BCUT2D eigenvalue weighted by atomic mass is 10.1. The highest BCUT2D eigenvalue weighted by Gasteiger charge is 2.29. The summed E-state index contributed by atoms with van der Waals surface area (Å²) in [5.74, 6) is 2.15. The summed E-state index contributed by atoms with van der Waals surface area (Å²) in [4.78, 5) is 18.8. The molecule has 1 aliphatic rings. The number of aryl methyl sites for hydroxylation is 1. The lowest BCUT2D eigenvalue weighted by molar-refractivity contribution is -0.129. The summed E-state index contributed by atoms with van der Waals surface area (Å²) in [5, 5.41) is 2.92. The number of rotatable bonds is 5. The van der Waals surface area contributed by atoms with Gasteiger partial charge in [-0.05, 0) is 25.5 Å². The minimum Gasteiger partial charge on any atom is -0.496 e. The number of ether oxygens (including phenoxy) is 1. The summed E-state index contributed by atoms with van der Waals surface area (Å²) < 4.78 is 11.2. The van der Waals surface area contributed by atoms with Gasteiger partial charge in [-0.15, -0.1) is 0 Å². The molecule has 0 spiro atoms. The average molecular weight is 329 g/mol. The zero-order valence-corrected chi connectivity index (χ0v) is 14.3. The van der Waals surface area contributed by atoms with Crippen molar-refractivity contribution in [2.75, 3.05) is 20.2 Å². The Balaban J connectivity index is 1.85. The molecule has 0 unspecified atom stereocenters. The van der Waals surface area contributed by atoms with Crippen LogP contribution in [0.1, 0.15) is 24.8 Å². The number of nitrogens with zero attached hydrogens (tertiary/aromatic N) is 2. The number of carbonyl (C=O) groups excluding carboxylic acids is 1. The van der Waals surface area contributed by atoms with Crippen LogP contribution < -0.4 is 10.1 Å². The van der Waals surface area contributed by atoms with Crippen molar-refractivity contribution in [3.05, 3.63) is 35.7 Å². The fraction of sp³-hybridized carbons (Fsp3) is 0.444. The van der Waals surface area contributed by atoms with E-state index < -0.39 is 0 Å². The van der Waals surface area contributed by atoms with Crippen LogP contribution in [0.15, 0.2) is 28.7 Å². The van der Waals surface area contributed by atoms with Crippen molar-refractivity contribution in [2.45, 2.75) is 32.9 Å². The number of nitrogens with one attached hydrogen (secondary N) is 1. The summed E-state index contributed by atoms with van der Waals surface area (Å²) >= 11 is 0. The summed E-state index contributed by atoms with van der Waals surface area (Å²) in [6.07, 6.45) is 0.780. The van der Waals surface area contributed by atoms with Gasteiger partial charge in [-0.3, -0.25) is 9.69 Å². The molecule has 6 nitrogen and oxygen atoms in total. The first-order chi connectivity index (χ1) is 11.6. The molecule has 0 bridgehead atoms. The minimum absolute atomic E-state index is 0.0925. The van der Waals surface area contributed by atoms with Crippen LogP contribution in [0, 0.1) is 6.92 Å². The summed E-state index contributed by atoms with van der Waals surface area (Å²) in [7, 11) is 1.63. The number of methoxy groups -OCH3 is 1. The average Bonchev–Trinajstić information content (AvgIpc) is 2.95. The standard InChI is InChI=1S/C18H23N3O3/c1-4-15-17(22)19-9-10-21(15)11-14-12(2)24-18(20-14)13-7-5-6-8-16(13)23-3/h5-8,15H,4,9-11H2,1-3H3,(H,19,22)/t15-/m1/s1. The molecular formula is C18H23N3O3. The number of aromatic nitrogens is 1. The Morgan fingerprint density at radius 3 is 2.96 bits per heavy atom. The number of para-hydroxylation sites is 1. The summed E-state index contributed by atoms with van der Waals surface area (Å²) in [6, 6.07) is 7.55. The normalized spacial score (nSPS) is 18.5. The fourth-order valence-corrected chi connectivity index (χ4v) is 3.10. The van der Waals surface area contributed by atoms with Gasteiger partial charge in [0.05, 0.1) is 24.4 Å². The first-order valence-electron chi connectivity index (χ1n) is 8.25. The number of piperazine rings is 1. The van der Waals surface area contributed by atoms with Crippen LogP contribution in [0.4, 0.5) is 0 Å². The minimum atomic E-state index is -0.107. The molecule has 1 atom stereocenters. The predicted octanol–water partition coefficient (Wildman–Crippen LogP) is 2.37. The summed E-state index contributed by atoms with van der Waals surface area (Å²) in [6.45, 7) is 6.03. The monoisotopic (exact) mass is 329 g/mol. The fourth-order valence-electron chi connectivity index (χ4n) is 3.10. The van der Waals surface area contributed by atoms with Crippen LogP contribution in [0.25, 0.3) is 11.5 Å². The van der Waals surface area contributed by atoms with Gasteiger partial charge in [0.2, 0.25) is 11.8 Å². The second kappa shape index (κ2) is 7.05. The van der Waals surface area contributed by atoms with Gasteiger partial charge < -0.3 is 14.5 Å². The van der Waals surface area contributed by atoms with Gasteiger partial charge in [-0.2, -0.15) is 0 Å². The van der Waals surface area contributed by atoms with E-state index in [1.54, 1.807) is 7.11 Å². The third-order valence-corrected chi connectivity index (χ3v) is 4.41. The Labute approximate surface area is 141 Å². The first kappa shape index (κ1) is 16.5. The Bertz CT molecular complexity index is 726. The number of benzene rings is 1. The molecule has 0 radical (unpaired) electrons. The second-order valence-electron chi connectivity index (χ2n) is 5.91. The predicted molar refractivity (Wildman–Crippen MR) is 90.7 cm³/mol. The van der Waals surface area contributed by atoms with Crippen molar-refractivity contribution < 1.29 is 13.9 Å². The molecule has 6 heteroatoms. The van der Waals surface area contributed by atoms with E-state index in [0.29, 0.717) is 19.0 Å². The molecule has 3 rings (SSSR count). The molecule has 2 heterocycles. The number of hydrogen-bond acceptors (Lipinski definition) is 5. The molecule has 128 valence electrons. The van der Waals surface area contributed by atoms with Crippen LogP contribution in [0.3, 0.4) is 0 Å². The van der Waals surface area contributed by atoms with E-state index in [0.717, 1.165) is 35.7 Å². The van der Waals surface area contributed by atoms with Gasteiger partial charge in [0.15, 0.2) is 0 Å². The topological polar surface area (TPSA) is 67.6 Å².